The molecule has 2 rings (SSSR count). The summed E-state index contributed by atoms with van der Waals surface area (Å²) in [4.78, 5) is 8.31. The van der Waals surface area contributed by atoms with Gasteiger partial charge >= 0.3 is 0 Å². The highest BCUT2D eigenvalue weighted by atomic mass is 15.2. The highest BCUT2D eigenvalue weighted by Gasteiger charge is 2.32. The molecule has 1 fully saturated rings. The number of hydrogen-bond acceptors (Lipinski definition) is 2. The molecule has 0 saturated heterocycles. The van der Waals surface area contributed by atoms with Crippen LogP contribution in [0.25, 0.3) is 0 Å². The van der Waals surface area contributed by atoms with Crippen LogP contribution in [-0.4, -0.2) is 30.6 Å². The first kappa shape index (κ1) is 11.9. The minimum atomic E-state index is 0.611. The summed E-state index contributed by atoms with van der Waals surface area (Å²) < 4.78 is 0. The van der Waals surface area contributed by atoms with Crippen molar-refractivity contribution in [3.05, 3.63) is 30.1 Å². The number of hydrogen-bond donors (Lipinski definition) is 2. The zero-order valence-corrected chi connectivity index (χ0v) is 10.5. The summed E-state index contributed by atoms with van der Waals surface area (Å²) in [7, 11) is 1.81. The van der Waals surface area contributed by atoms with Gasteiger partial charge in [-0.15, -0.1) is 0 Å². The van der Waals surface area contributed by atoms with Crippen LogP contribution in [0.4, 0.5) is 0 Å². The Hall–Kier alpha value is -1.58. The number of aromatic nitrogens is 1. The highest BCUT2D eigenvalue weighted by Crippen LogP contribution is 2.28. The average molecular weight is 232 g/mol. The summed E-state index contributed by atoms with van der Waals surface area (Å²) in [5.74, 6) is 1.69. The first-order valence-electron chi connectivity index (χ1n) is 6.15. The highest BCUT2D eigenvalue weighted by molar-refractivity contribution is 5.80. The SMILES string of the molecule is CN=C(NCCc1cccnc1)NC1CC1C. The molecule has 0 bridgehead atoms. The minimum Gasteiger partial charge on any atom is -0.356 e. The van der Waals surface area contributed by atoms with Crippen molar-refractivity contribution < 1.29 is 0 Å². The maximum Gasteiger partial charge on any atom is 0.191 e. The Labute approximate surface area is 103 Å². The molecule has 0 spiro atoms. The average Bonchev–Trinajstić information content (AvgIpc) is 3.05. The van der Waals surface area contributed by atoms with E-state index in [2.05, 4.69) is 33.6 Å². The number of rotatable bonds is 4. The monoisotopic (exact) mass is 232 g/mol. The van der Waals surface area contributed by atoms with Gasteiger partial charge in [-0.3, -0.25) is 9.98 Å². The Bertz CT molecular complexity index is 374. The third kappa shape index (κ3) is 3.73. The number of guanidine groups is 1. The second-order valence-corrected chi connectivity index (χ2v) is 4.57. The third-order valence-electron chi connectivity index (χ3n) is 3.08. The number of nitrogens with one attached hydrogen (secondary N) is 2. The summed E-state index contributed by atoms with van der Waals surface area (Å²) in [6.07, 6.45) is 5.92. The zero-order chi connectivity index (χ0) is 12.1. The summed E-state index contributed by atoms with van der Waals surface area (Å²) in [6.45, 7) is 3.13. The van der Waals surface area contributed by atoms with Crippen LogP contribution in [-0.2, 0) is 6.42 Å². The smallest absolute Gasteiger partial charge is 0.191 e. The van der Waals surface area contributed by atoms with Gasteiger partial charge in [0.2, 0.25) is 0 Å². The summed E-state index contributed by atoms with van der Waals surface area (Å²) in [6, 6.07) is 4.67. The maximum atomic E-state index is 4.21. The lowest BCUT2D eigenvalue weighted by atomic mass is 10.2. The van der Waals surface area contributed by atoms with Crippen LogP contribution in [0.1, 0.15) is 18.9 Å². The van der Waals surface area contributed by atoms with E-state index < -0.39 is 0 Å². The molecule has 1 aliphatic rings. The van der Waals surface area contributed by atoms with Gasteiger partial charge in [-0.05, 0) is 30.4 Å². The van der Waals surface area contributed by atoms with Gasteiger partial charge in [0.25, 0.3) is 0 Å². The molecule has 2 N–H and O–H groups in total. The van der Waals surface area contributed by atoms with Gasteiger partial charge < -0.3 is 10.6 Å². The molecule has 1 aliphatic carbocycles. The molecule has 1 aromatic rings. The molecule has 0 aromatic carbocycles. The van der Waals surface area contributed by atoms with Crippen LogP contribution in [0.2, 0.25) is 0 Å². The number of aliphatic imine (C=N–C) groups is 1. The van der Waals surface area contributed by atoms with Gasteiger partial charge in [0.15, 0.2) is 5.96 Å². The van der Waals surface area contributed by atoms with Gasteiger partial charge in [-0.1, -0.05) is 13.0 Å². The Morgan fingerprint density at radius 2 is 2.41 bits per heavy atom. The molecule has 17 heavy (non-hydrogen) atoms. The quantitative estimate of drug-likeness (QED) is 0.606. The van der Waals surface area contributed by atoms with Crippen LogP contribution < -0.4 is 10.6 Å². The van der Waals surface area contributed by atoms with E-state index in [4.69, 9.17) is 0 Å². The molecule has 1 saturated carbocycles. The molecule has 0 aliphatic heterocycles. The Morgan fingerprint density at radius 1 is 1.59 bits per heavy atom. The first-order chi connectivity index (χ1) is 8.29. The standard InChI is InChI=1S/C13H20N4/c1-10-8-12(10)17-13(14-2)16-7-5-11-4-3-6-15-9-11/h3-4,6,9-10,12H,5,7-8H2,1-2H3,(H2,14,16,17). The molecule has 4 heteroatoms. The van der Waals surface area contributed by atoms with Crippen LogP contribution in [0.3, 0.4) is 0 Å². The van der Waals surface area contributed by atoms with Gasteiger partial charge in [0.05, 0.1) is 0 Å². The maximum absolute atomic E-state index is 4.21. The van der Waals surface area contributed by atoms with Crippen molar-refractivity contribution in [1.29, 1.82) is 0 Å². The fourth-order valence-electron chi connectivity index (χ4n) is 1.76. The lowest BCUT2D eigenvalue weighted by Crippen LogP contribution is -2.39. The largest absolute Gasteiger partial charge is 0.356 e. The van der Waals surface area contributed by atoms with E-state index in [1.165, 1.54) is 12.0 Å². The van der Waals surface area contributed by atoms with E-state index in [1.807, 2.05) is 19.3 Å². The molecule has 2 atom stereocenters. The molecule has 1 heterocycles. The first-order valence-corrected chi connectivity index (χ1v) is 6.15. The molecule has 1 aromatic heterocycles. The van der Waals surface area contributed by atoms with Crippen molar-refractivity contribution in [2.75, 3.05) is 13.6 Å². The Morgan fingerprint density at radius 3 is 3.00 bits per heavy atom. The van der Waals surface area contributed by atoms with Crippen molar-refractivity contribution in [2.24, 2.45) is 10.9 Å². The van der Waals surface area contributed by atoms with Gasteiger partial charge in [0, 0.05) is 32.0 Å². The van der Waals surface area contributed by atoms with E-state index in [9.17, 15) is 0 Å². The Balaban J connectivity index is 1.70. The van der Waals surface area contributed by atoms with Crippen LogP contribution in [0.5, 0.6) is 0 Å². The topological polar surface area (TPSA) is 49.3 Å². The number of pyridine rings is 1. The molecule has 2 unspecified atom stereocenters. The molecule has 92 valence electrons. The second-order valence-electron chi connectivity index (χ2n) is 4.57. The molecule has 4 nitrogen and oxygen atoms in total. The Kier molecular flexibility index (Phi) is 3.96. The minimum absolute atomic E-state index is 0.611. The van der Waals surface area contributed by atoms with Crippen molar-refractivity contribution in [1.82, 2.24) is 15.6 Å². The second kappa shape index (κ2) is 5.66. The van der Waals surface area contributed by atoms with Crippen LogP contribution in [0, 0.1) is 5.92 Å². The summed E-state index contributed by atoms with van der Waals surface area (Å²) in [5.41, 5.74) is 1.25. The molecule has 0 amide bonds. The van der Waals surface area contributed by atoms with E-state index in [0.29, 0.717) is 6.04 Å². The summed E-state index contributed by atoms with van der Waals surface area (Å²) >= 11 is 0. The zero-order valence-electron chi connectivity index (χ0n) is 10.5. The predicted molar refractivity (Wildman–Crippen MR) is 70.0 cm³/mol. The normalized spacial score (nSPS) is 23.3. The fraction of sp³-hybridized carbons (Fsp3) is 0.538. The van der Waals surface area contributed by atoms with E-state index in [0.717, 1.165) is 24.8 Å². The lowest BCUT2D eigenvalue weighted by molar-refractivity contribution is 0.757. The predicted octanol–water partition coefficient (Wildman–Crippen LogP) is 1.20. The van der Waals surface area contributed by atoms with Gasteiger partial charge in [-0.2, -0.15) is 0 Å². The van der Waals surface area contributed by atoms with E-state index >= 15 is 0 Å². The fourth-order valence-corrected chi connectivity index (χ4v) is 1.76. The van der Waals surface area contributed by atoms with E-state index in [-0.39, 0.29) is 0 Å². The van der Waals surface area contributed by atoms with Crippen molar-refractivity contribution in [2.45, 2.75) is 25.8 Å². The summed E-state index contributed by atoms with van der Waals surface area (Å²) in [5, 5.41) is 6.72. The third-order valence-corrected chi connectivity index (χ3v) is 3.08. The van der Waals surface area contributed by atoms with Crippen LogP contribution >= 0.6 is 0 Å². The van der Waals surface area contributed by atoms with E-state index in [1.54, 1.807) is 6.20 Å². The van der Waals surface area contributed by atoms with Gasteiger partial charge in [0.1, 0.15) is 0 Å². The number of nitrogens with zero attached hydrogens (tertiary/aromatic N) is 2. The van der Waals surface area contributed by atoms with Crippen molar-refractivity contribution in [3.63, 3.8) is 0 Å². The molecular formula is C13H20N4. The van der Waals surface area contributed by atoms with Crippen LogP contribution in [0.15, 0.2) is 29.5 Å². The lowest BCUT2D eigenvalue weighted by Gasteiger charge is -2.11. The molecule has 0 radical (unpaired) electrons. The van der Waals surface area contributed by atoms with Crippen molar-refractivity contribution >= 4 is 5.96 Å². The molecular weight excluding hydrogens is 212 g/mol. The van der Waals surface area contributed by atoms with Gasteiger partial charge in [-0.25, -0.2) is 0 Å². The van der Waals surface area contributed by atoms with Crippen molar-refractivity contribution in [3.8, 4) is 0 Å².